The van der Waals surface area contributed by atoms with Crippen LogP contribution in [0, 0.1) is 5.41 Å². The zero-order chi connectivity index (χ0) is 13.1. The van der Waals surface area contributed by atoms with Gasteiger partial charge in [0.25, 0.3) is 0 Å². The average Bonchev–Trinajstić information content (AvgIpc) is 2.30. The molecule has 1 N–H and O–H groups in total. The Labute approximate surface area is 108 Å². The van der Waals surface area contributed by atoms with Crippen LogP contribution in [0.25, 0.3) is 0 Å². The van der Waals surface area contributed by atoms with Crippen molar-refractivity contribution in [2.24, 2.45) is 5.41 Å². The van der Waals surface area contributed by atoms with Gasteiger partial charge in [-0.15, -0.1) is 0 Å². The molecule has 0 bridgehead atoms. The van der Waals surface area contributed by atoms with E-state index in [-0.39, 0.29) is 12.0 Å². The van der Waals surface area contributed by atoms with Crippen molar-refractivity contribution >= 4 is 21.0 Å². The van der Waals surface area contributed by atoms with E-state index in [2.05, 4.69) is 25.8 Å². The minimum atomic E-state index is -0.764. The van der Waals surface area contributed by atoms with Crippen LogP contribution in [0.5, 0.6) is 0 Å². The fourth-order valence-corrected chi connectivity index (χ4v) is 4.31. The molecule has 0 aliphatic rings. The van der Waals surface area contributed by atoms with Crippen molar-refractivity contribution in [3.05, 3.63) is 29.6 Å². The van der Waals surface area contributed by atoms with Crippen molar-refractivity contribution in [3.8, 4) is 0 Å². The van der Waals surface area contributed by atoms with Crippen LogP contribution in [0.4, 0.5) is 0 Å². The summed E-state index contributed by atoms with van der Waals surface area (Å²) in [5, 5.41) is 9.02. The third-order valence-electron chi connectivity index (χ3n) is 2.91. The smallest absolute Gasteiger partial charge is 0.197 e. The van der Waals surface area contributed by atoms with Crippen LogP contribution in [0.1, 0.15) is 32.0 Å². The maximum atomic E-state index is 9.02. The van der Waals surface area contributed by atoms with Gasteiger partial charge in [-0.1, -0.05) is 26.8 Å². The first-order chi connectivity index (χ1) is 7.91. The van der Waals surface area contributed by atoms with Gasteiger partial charge in [0.2, 0.25) is 0 Å². The highest BCUT2D eigenvalue weighted by Crippen LogP contribution is 2.41. The molecule has 4 nitrogen and oxygen atoms in total. The third kappa shape index (κ3) is 2.66. The quantitative estimate of drug-likeness (QED) is 0.585. The summed E-state index contributed by atoms with van der Waals surface area (Å²) in [4.78, 5) is 4.36. The predicted molar refractivity (Wildman–Crippen MR) is 73.3 cm³/mol. The molecule has 0 saturated heterocycles. The molecule has 0 radical (unpaired) electrons. The molecule has 0 aromatic carbocycles. The van der Waals surface area contributed by atoms with E-state index in [4.69, 9.17) is 14.0 Å². The van der Waals surface area contributed by atoms with E-state index in [1.807, 2.05) is 12.1 Å². The first-order valence-electron chi connectivity index (χ1n) is 5.58. The highest BCUT2D eigenvalue weighted by molar-refractivity contribution is 6.00. The molecule has 17 heavy (non-hydrogen) atoms. The molecular formula is C11H21NO3Si2. The Morgan fingerprint density at radius 3 is 2.12 bits per heavy atom. The second-order valence-electron chi connectivity index (χ2n) is 4.98. The van der Waals surface area contributed by atoms with E-state index < -0.39 is 5.79 Å². The van der Waals surface area contributed by atoms with Crippen LogP contribution < -0.4 is 0 Å². The molecule has 0 aliphatic carbocycles. The fourth-order valence-electron chi connectivity index (χ4n) is 2.00. The predicted octanol–water partition coefficient (Wildman–Crippen LogP) is -0.633. The Bertz CT molecular complexity index is 358. The molecule has 1 aromatic rings. The van der Waals surface area contributed by atoms with Crippen LogP contribution in [-0.2, 0) is 21.2 Å². The lowest BCUT2D eigenvalue weighted by molar-refractivity contribution is -0.194. The van der Waals surface area contributed by atoms with Gasteiger partial charge in [0, 0.05) is 11.6 Å². The second kappa shape index (κ2) is 5.41. The lowest BCUT2D eigenvalue weighted by Crippen LogP contribution is -2.45. The Morgan fingerprint density at radius 2 is 1.82 bits per heavy atom. The van der Waals surface area contributed by atoms with Gasteiger partial charge in [-0.2, -0.15) is 0 Å². The summed E-state index contributed by atoms with van der Waals surface area (Å²) in [6, 6.07) is 3.72. The molecular weight excluding hydrogens is 250 g/mol. The standard InChI is InChI=1S/C11H21NO3Si2/c1-10(2,3)11(14-16,15-17)9-5-4-8(7-13)6-12-9/h4-6,13H,7H2,1-3,16-17H3. The first kappa shape index (κ1) is 14.5. The molecule has 0 saturated carbocycles. The van der Waals surface area contributed by atoms with Crippen LogP contribution in [0.2, 0.25) is 0 Å². The largest absolute Gasteiger partial charge is 0.397 e. The van der Waals surface area contributed by atoms with E-state index in [1.54, 1.807) is 6.20 Å². The van der Waals surface area contributed by atoms with Gasteiger partial charge in [-0.05, 0) is 11.6 Å². The van der Waals surface area contributed by atoms with Crippen molar-refractivity contribution in [1.82, 2.24) is 4.98 Å². The monoisotopic (exact) mass is 271 g/mol. The molecule has 96 valence electrons. The van der Waals surface area contributed by atoms with E-state index in [0.717, 1.165) is 11.3 Å². The van der Waals surface area contributed by atoms with Crippen molar-refractivity contribution in [2.45, 2.75) is 33.2 Å². The molecule has 1 aromatic heterocycles. The highest BCUT2D eigenvalue weighted by Gasteiger charge is 2.44. The van der Waals surface area contributed by atoms with Gasteiger partial charge in [-0.25, -0.2) is 0 Å². The zero-order valence-corrected chi connectivity index (χ0v) is 15.2. The molecule has 0 aliphatic heterocycles. The van der Waals surface area contributed by atoms with Crippen molar-refractivity contribution in [3.63, 3.8) is 0 Å². The molecule has 0 atom stereocenters. The van der Waals surface area contributed by atoms with Gasteiger partial charge < -0.3 is 14.0 Å². The summed E-state index contributed by atoms with van der Waals surface area (Å²) in [6.07, 6.45) is 1.66. The van der Waals surface area contributed by atoms with Crippen molar-refractivity contribution in [1.29, 1.82) is 0 Å². The second-order valence-corrected chi connectivity index (χ2v) is 5.80. The van der Waals surface area contributed by atoms with Crippen molar-refractivity contribution in [2.75, 3.05) is 0 Å². The normalized spacial score (nSPS) is 16.0. The minimum Gasteiger partial charge on any atom is -0.397 e. The molecule has 1 rings (SSSR count). The first-order valence-corrected chi connectivity index (χ1v) is 7.21. The molecule has 0 unspecified atom stereocenters. The van der Waals surface area contributed by atoms with Crippen LogP contribution in [-0.4, -0.2) is 31.1 Å². The fraction of sp³-hybridized carbons (Fsp3) is 0.545. The molecule has 0 fully saturated rings. The summed E-state index contributed by atoms with van der Waals surface area (Å²) in [5.74, 6) is -0.764. The third-order valence-corrected chi connectivity index (χ3v) is 4.06. The van der Waals surface area contributed by atoms with E-state index in [9.17, 15) is 0 Å². The topological polar surface area (TPSA) is 51.6 Å². The van der Waals surface area contributed by atoms with Crippen LogP contribution in [0.15, 0.2) is 18.3 Å². The van der Waals surface area contributed by atoms with Crippen LogP contribution in [0.3, 0.4) is 0 Å². The number of aliphatic hydroxyl groups excluding tert-OH is 1. The van der Waals surface area contributed by atoms with Gasteiger partial charge >= 0.3 is 0 Å². The average molecular weight is 271 g/mol. The van der Waals surface area contributed by atoms with Gasteiger partial charge in [0.1, 0.15) is 21.0 Å². The minimum absolute atomic E-state index is 0.000732. The Balaban J connectivity index is 3.22. The van der Waals surface area contributed by atoms with Gasteiger partial charge in [-0.3, -0.25) is 4.98 Å². The van der Waals surface area contributed by atoms with Gasteiger partial charge in [0.05, 0.1) is 12.3 Å². The zero-order valence-electron chi connectivity index (χ0n) is 11.2. The summed E-state index contributed by atoms with van der Waals surface area (Å²) < 4.78 is 11.5. The van der Waals surface area contributed by atoms with Gasteiger partial charge in [0.15, 0.2) is 5.79 Å². The Morgan fingerprint density at radius 1 is 1.24 bits per heavy atom. The highest BCUT2D eigenvalue weighted by atomic mass is 28.2. The maximum absolute atomic E-state index is 9.02. The summed E-state index contributed by atoms with van der Waals surface area (Å²) >= 11 is 0. The molecule has 1 heterocycles. The number of hydrogen-bond donors (Lipinski definition) is 1. The molecule has 6 heteroatoms. The van der Waals surface area contributed by atoms with Crippen LogP contribution >= 0.6 is 0 Å². The number of aromatic nitrogens is 1. The molecule has 0 amide bonds. The lowest BCUT2D eigenvalue weighted by Gasteiger charge is -2.42. The Hall–Kier alpha value is -0.536. The molecule has 0 spiro atoms. The number of aliphatic hydroxyl groups is 1. The number of hydrogen-bond acceptors (Lipinski definition) is 4. The van der Waals surface area contributed by atoms with Crippen molar-refractivity contribution < 1.29 is 14.0 Å². The number of pyridine rings is 1. The summed E-state index contributed by atoms with van der Waals surface area (Å²) in [7, 11) is 1.16. The van der Waals surface area contributed by atoms with E-state index >= 15 is 0 Å². The number of rotatable bonds is 4. The maximum Gasteiger partial charge on any atom is 0.197 e. The van der Waals surface area contributed by atoms with E-state index in [1.165, 1.54) is 0 Å². The van der Waals surface area contributed by atoms with E-state index in [0.29, 0.717) is 21.0 Å². The lowest BCUT2D eigenvalue weighted by atomic mass is 9.83. The summed E-state index contributed by atoms with van der Waals surface area (Å²) in [6.45, 7) is 6.22. The summed E-state index contributed by atoms with van der Waals surface area (Å²) in [5.41, 5.74) is 1.37. The Kier molecular flexibility index (Phi) is 4.62. The number of nitrogens with zero attached hydrogens (tertiary/aromatic N) is 1. The SMILES string of the molecule is CC(C)(C)C(O[SiH3])(O[SiH3])c1ccc(CO)cn1.